The van der Waals surface area contributed by atoms with Crippen LogP contribution in [0, 0.1) is 0 Å². The third kappa shape index (κ3) is 3.28. The number of carbonyl (C=O) groups excluding carboxylic acids is 1. The van der Waals surface area contributed by atoms with Crippen LogP contribution in [0.25, 0.3) is 11.4 Å². The van der Waals surface area contributed by atoms with Crippen molar-refractivity contribution in [3.8, 4) is 17.1 Å². The van der Waals surface area contributed by atoms with Gasteiger partial charge in [0, 0.05) is 5.56 Å². The molecular weight excluding hydrogens is 272 g/mol. The summed E-state index contributed by atoms with van der Waals surface area (Å²) >= 11 is 0. The van der Waals surface area contributed by atoms with Crippen molar-refractivity contribution in [3.63, 3.8) is 0 Å². The van der Waals surface area contributed by atoms with Gasteiger partial charge in [-0.15, -0.1) is 0 Å². The van der Waals surface area contributed by atoms with Crippen molar-refractivity contribution in [1.29, 1.82) is 0 Å². The number of aromatic amines is 1. The molecule has 1 aromatic carbocycles. The Morgan fingerprint density at radius 2 is 2.25 bits per heavy atom. The topological polar surface area (TPSA) is 77.1 Å². The van der Waals surface area contributed by atoms with E-state index in [2.05, 4.69) is 19.9 Å². The fraction of sp³-hybridized carbons (Fsp3) is 0.250. The van der Waals surface area contributed by atoms with Gasteiger partial charge < -0.3 is 9.47 Å². The van der Waals surface area contributed by atoms with Crippen LogP contribution in [0.15, 0.2) is 24.3 Å². The molecule has 1 aromatic heterocycles. The summed E-state index contributed by atoms with van der Waals surface area (Å²) in [5.41, 5.74) is 0.440. The third-order valence-corrected chi connectivity index (χ3v) is 2.27. The second-order valence-electron chi connectivity index (χ2n) is 3.63. The Hall–Kier alpha value is -2.51. The molecule has 1 heterocycles. The molecule has 0 spiro atoms. The average Bonchev–Trinajstić information content (AvgIpc) is 2.88. The lowest BCUT2D eigenvalue weighted by atomic mass is 10.2. The summed E-state index contributed by atoms with van der Waals surface area (Å²) in [5, 5.41) is 6.25. The molecule has 20 heavy (non-hydrogen) atoms. The first-order valence-electron chi connectivity index (χ1n) is 5.75. The third-order valence-electron chi connectivity index (χ3n) is 2.27. The van der Waals surface area contributed by atoms with E-state index in [4.69, 9.17) is 4.74 Å². The average molecular weight is 283 g/mol. The van der Waals surface area contributed by atoms with Gasteiger partial charge in [-0.3, -0.25) is 5.10 Å². The Labute approximate surface area is 112 Å². The van der Waals surface area contributed by atoms with E-state index in [9.17, 15) is 13.6 Å². The van der Waals surface area contributed by atoms with Crippen LogP contribution < -0.4 is 4.74 Å². The minimum atomic E-state index is -2.91. The lowest BCUT2D eigenvalue weighted by molar-refractivity contribution is -0.0498. The zero-order valence-electron chi connectivity index (χ0n) is 10.5. The summed E-state index contributed by atoms with van der Waals surface area (Å²) in [7, 11) is 0. The number of benzene rings is 1. The summed E-state index contributed by atoms with van der Waals surface area (Å²) in [6, 6.07) is 5.86. The summed E-state index contributed by atoms with van der Waals surface area (Å²) in [4.78, 5) is 15.4. The van der Waals surface area contributed by atoms with Gasteiger partial charge in [-0.25, -0.2) is 9.78 Å². The SMILES string of the molecule is CCOC(=O)c1nc(-c2cccc(OC(F)F)c2)n[nH]1. The van der Waals surface area contributed by atoms with E-state index >= 15 is 0 Å². The summed E-state index contributed by atoms with van der Waals surface area (Å²) in [5.74, 6) is -0.513. The molecule has 0 amide bonds. The molecule has 0 saturated carbocycles. The van der Waals surface area contributed by atoms with Crippen molar-refractivity contribution >= 4 is 5.97 Å². The van der Waals surface area contributed by atoms with Gasteiger partial charge in [0.25, 0.3) is 0 Å². The monoisotopic (exact) mass is 283 g/mol. The Balaban J connectivity index is 2.21. The van der Waals surface area contributed by atoms with Crippen LogP contribution in [-0.2, 0) is 4.74 Å². The Bertz CT molecular complexity index is 601. The number of carbonyl (C=O) groups is 1. The van der Waals surface area contributed by atoms with Crippen LogP contribution in [0.1, 0.15) is 17.5 Å². The molecule has 8 heteroatoms. The normalized spacial score (nSPS) is 10.6. The first kappa shape index (κ1) is 13.9. The highest BCUT2D eigenvalue weighted by Crippen LogP contribution is 2.22. The van der Waals surface area contributed by atoms with Gasteiger partial charge >= 0.3 is 12.6 Å². The molecule has 0 aliphatic carbocycles. The number of esters is 1. The van der Waals surface area contributed by atoms with Crippen LogP contribution in [0.4, 0.5) is 8.78 Å². The van der Waals surface area contributed by atoms with Crippen molar-refractivity contribution in [3.05, 3.63) is 30.1 Å². The Morgan fingerprint density at radius 3 is 2.95 bits per heavy atom. The second kappa shape index (κ2) is 6.09. The number of alkyl halides is 2. The molecule has 0 aliphatic heterocycles. The van der Waals surface area contributed by atoms with Crippen LogP contribution in [0.5, 0.6) is 5.75 Å². The maximum Gasteiger partial charge on any atom is 0.387 e. The van der Waals surface area contributed by atoms with Crippen LogP contribution in [0.3, 0.4) is 0 Å². The molecule has 106 valence electrons. The predicted molar refractivity (Wildman–Crippen MR) is 64.4 cm³/mol. The molecule has 2 aromatic rings. The second-order valence-corrected chi connectivity index (χ2v) is 3.63. The smallest absolute Gasteiger partial charge is 0.387 e. The molecule has 0 unspecified atom stereocenters. The molecule has 0 fully saturated rings. The number of hydrogen-bond acceptors (Lipinski definition) is 5. The summed E-state index contributed by atoms with van der Waals surface area (Å²) < 4.78 is 33.3. The summed E-state index contributed by atoms with van der Waals surface area (Å²) in [6.45, 7) is -1.03. The van der Waals surface area contributed by atoms with Crippen LogP contribution in [-0.4, -0.2) is 34.4 Å². The van der Waals surface area contributed by atoms with Crippen molar-refractivity contribution in [1.82, 2.24) is 15.2 Å². The summed E-state index contributed by atoms with van der Waals surface area (Å²) in [6.07, 6.45) is 0. The molecule has 0 atom stereocenters. The molecule has 6 nitrogen and oxygen atoms in total. The molecule has 0 bridgehead atoms. The maximum atomic E-state index is 12.1. The number of H-pyrrole nitrogens is 1. The maximum absolute atomic E-state index is 12.1. The van der Waals surface area contributed by atoms with E-state index in [1.807, 2.05) is 0 Å². The largest absolute Gasteiger partial charge is 0.460 e. The number of nitrogens with zero attached hydrogens (tertiary/aromatic N) is 2. The number of rotatable bonds is 5. The molecule has 0 radical (unpaired) electrons. The highest BCUT2D eigenvalue weighted by molar-refractivity contribution is 5.85. The van der Waals surface area contributed by atoms with Crippen molar-refractivity contribution in [2.24, 2.45) is 0 Å². The minimum Gasteiger partial charge on any atom is -0.460 e. The van der Waals surface area contributed by atoms with Crippen LogP contribution >= 0.6 is 0 Å². The lowest BCUT2D eigenvalue weighted by Gasteiger charge is -2.04. The number of ether oxygens (including phenoxy) is 2. The fourth-order valence-electron chi connectivity index (χ4n) is 1.49. The quantitative estimate of drug-likeness (QED) is 0.851. The van der Waals surface area contributed by atoms with Gasteiger partial charge in [0.1, 0.15) is 5.75 Å². The Morgan fingerprint density at radius 1 is 1.45 bits per heavy atom. The molecule has 0 aliphatic rings. The van der Waals surface area contributed by atoms with E-state index in [1.54, 1.807) is 13.0 Å². The van der Waals surface area contributed by atoms with E-state index in [0.717, 1.165) is 0 Å². The number of hydrogen-bond donors (Lipinski definition) is 1. The van der Waals surface area contributed by atoms with Crippen molar-refractivity contribution in [2.75, 3.05) is 6.61 Å². The van der Waals surface area contributed by atoms with Gasteiger partial charge in [0.15, 0.2) is 5.82 Å². The fourth-order valence-corrected chi connectivity index (χ4v) is 1.49. The number of halogens is 2. The first-order valence-corrected chi connectivity index (χ1v) is 5.75. The highest BCUT2D eigenvalue weighted by atomic mass is 19.3. The van der Waals surface area contributed by atoms with Gasteiger partial charge in [-0.2, -0.15) is 13.9 Å². The van der Waals surface area contributed by atoms with E-state index in [0.29, 0.717) is 5.56 Å². The molecule has 2 rings (SSSR count). The lowest BCUT2D eigenvalue weighted by Crippen LogP contribution is -2.06. The molecule has 1 N–H and O–H groups in total. The zero-order valence-corrected chi connectivity index (χ0v) is 10.5. The van der Waals surface area contributed by atoms with Crippen molar-refractivity contribution < 1.29 is 23.0 Å². The van der Waals surface area contributed by atoms with E-state index < -0.39 is 12.6 Å². The molecular formula is C12H11F2N3O3. The van der Waals surface area contributed by atoms with E-state index in [-0.39, 0.29) is 24.0 Å². The number of aromatic nitrogens is 3. The first-order chi connectivity index (χ1) is 9.60. The molecule has 0 saturated heterocycles. The van der Waals surface area contributed by atoms with Gasteiger partial charge in [0.2, 0.25) is 5.82 Å². The Kier molecular flexibility index (Phi) is 4.24. The van der Waals surface area contributed by atoms with E-state index in [1.165, 1.54) is 18.2 Å². The minimum absolute atomic E-state index is 0.0139. The van der Waals surface area contributed by atoms with Gasteiger partial charge in [-0.05, 0) is 19.1 Å². The van der Waals surface area contributed by atoms with Gasteiger partial charge in [0.05, 0.1) is 6.61 Å². The van der Waals surface area contributed by atoms with Gasteiger partial charge in [-0.1, -0.05) is 12.1 Å². The standard InChI is InChI=1S/C12H11F2N3O3/c1-2-19-11(18)10-15-9(16-17-10)7-4-3-5-8(6-7)20-12(13)14/h3-6,12H,2H2,1H3,(H,15,16,17). The number of nitrogens with one attached hydrogen (secondary N) is 1. The zero-order chi connectivity index (χ0) is 14.5. The van der Waals surface area contributed by atoms with Crippen LogP contribution in [0.2, 0.25) is 0 Å². The highest BCUT2D eigenvalue weighted by Gasteiger charge is 2.14. The predicted octanol–water partition coefficient (Wildman–Crippen LogP) is 2.25. The van der Waals surface area contributed by atoms with Crippen molar-refractivity contribution in [2.45, 2.75) is 13.5 Å².